The molecular formula is C32H34O10S. The summed E-state index contributed by atoms with van der Waals surface area (Å²) in [5.41, 5.74) is 1.07. The first kappa shape index (κ1) is 33.0. The Hall–Kier alpha value is -4.48. The van der Waals surface area contributed by atoms with Gasteiger partial charge in [-0.1, -0.05) is 6.58 Å². The number of carbonyl (C=O) groups excluding carboxylic acids is 3. The van der Waals surface area contributed by atoms with Crippen LogP contribution >= 0.6 is 12.0 Å². The Kier molecular flexibility index (Phi) is 14.5. The molecule has 0 N–H and O–H groups in total. The average molecular weight is 611 g/mol. The van der Waals surface area contributed by atoms with Crippen molar-refractivity contribution in [2.24, 2.45) is 0 Å². The first-order chi connectivity index (χ1) is 21.0. The molecule has 0 spiro atoms. The summed E-state index contributed by atoms with van der Waals surface area (Å²) >= 11 is 1.05. The Morgan fingerprint density at radius 3 is 2.02 bits per heavy atom. The monoisotopic (exact) mass is 610 g/mol. The highest BCUT2D eigenvalue weighted by Gasteiger charge is 2.12. The molecule has 0 fully saturated rings. The van der Waals surface area contributed by atoms with E-state index in [1.54, 1.807) is 49.4 Å². The van der Waals surface area contributed by atoms with Gasteiger partial charge in [-0.25, -0.2) is 9.59 Å². The van der Waals surface area contributed by atoms with Crippen molar-refractivity contribution in [1.82, 2.24) is 0 Å². The van der Waals surface area contributed by atoms with Gasteiger partial charge in [-0.15, -0.1) is 4.33 Å². The molecule has 0 saturated carbocycles. The highest BCUT2D eigenvalue weighted by molar-refractivity contribution is 7.94. The summed E-state index contributed by atoms with van der Waals surface area (Å²) in [4.78, 5) is 40.0. The minimum absolute atomic E-state index is 0.312. The molecule has 0 radical (unpaired) electrons. The lowest BCUT2D eigenvalue weighted by atomic mass is 10.2. The van der Waals surface area contributed by atoms with Crippen LogP contribution in [-0.4, -0.2) is 44.8 Å². The maximum Gasteiger partial charge on any atom is 0.343 e. The highest BCUT2D eigenvalue weighted by atomic mass is 32.2. The molecule has 3 aromatic carbocycles. The van der Waals surface area contributed by atoms with Crippen molar-refractivity contribution in [3.63, 3.8) is 0 Å². The molecule has 228 valence electrons. The van der Waals surface area contributed by atoms with Gasteiger partial charge in [0.15, 0.2) is 5.75 Å². The summed E-state index contributed by atoms with van der Waals surface area (Å²) in [6.07, 6.45) is 4.04. The van der Waals surface area contributed by atoms with E-state index in [1.165, 1.54) is 0 Å². The minimum atomic E-state index is -0.501. The van der Waals surface area contributed by atoms with Gasteiger partial charge in [0.1, 0.15) is 17.2 Å². The van der Waals surface area contributed by atoms with Crippen molar-refractivity contribution >= 4 is 30.5 Å². The van der Waals surface area contributed by atoms with Gasteiger partial charge < -0.3 is 28.6 Å². The zero-order valence-electron chi connectivity index (χ0n) is 23.9. The lowest BCUT2D eigenvalue weighted by Gasteiger charge is -2.10. The molecule has 3 aromatic rings. The van der Waals surface area contributed by atoms with Gasteiger partial charge >= 0.3 is 11.9 Å². The maximum atomic E-state index is 12.6. The molecule has 0 unspecified atom stereocenters. The summed E-state index contributed by atoms with van der Waals surface area (Å²) < 4.78 is 31.7. The fraction of sp³-hybridized carbons (Fsp3) is 0.281. The summed E-state index contributed by atoms with van der Waals surface area (Å²) in [7, 11) is 0. The number of unbranched alkanes of at least 4 members (excludes halogenated alkanes) is 2. The number of carbonyl (C=O) groups is 3. The SMILES string of the molecule is C=CC(=O)OCCCCOc1ccc(C(=O)Oc2ccc(OOSc3ccc(OCCCCOC=O)cc3)cc2C)cc1. The predicted octanol–water partition coefficient (Wildman–Crippen LogP) is 6.45. The summed E-state index contributed by atoms with van der Waals surface area (Å²) in [5.74, 6) is 1.25. The third-order valence-corrected chi connectivity index (χ3v) is 6.34. The van der Waals surface area contributed by atoms with E-state index in [9.17, 15) is 14.4 Å². The topological polar surface area (TPSA) is 116 Å². The van der Waals surface area contributed by atoms with E-state index in [1.807, 2.05) is 24.3 Å². The van der Waals surface area contributed by atoms with Crippen LogP contribution in [0, 0.1) is 6.92 Å². The molecule has 0 bridgehead atoms. The zero-order valence-corrected chi connectivity index (χ0v) is 24.7. The molecular weight excluding hydrogens is 576 g/mol. The molecule has 0 amide bonds. The molecule has 43 heavy (non-hydrogen) atoms. The average Bonchev–Trinajstić information content (AvgIpc) is 3.02. The van der Waals surface area contributed by atoms with Crippen molar-refractivity contribution in [3.05, 3.63) is 90.5 Å². The highest BCUT2D eigenvalue weighted by Crippen LogP contribution is 2.28. The van der Waals surface area contributed by atoms with E-state index in [0.717, 1.165) is 41.6 Å². The number of ether oxygens (including phenoxy) is 5. The molecule has 0 atom stereocenters. The second-order valence-electron chi connectivity index (χ2n) is 9.00. The van der Waals surface area contributed by atoms with Crippen molar-refractivity contribution < 1.29 is 47.3 Å². The Morgan fingerprint density at radius 1 is 0.791 bits per heavy atom. The minimum Gasteiger partial charge on any atom is -0.494 e. The zero-order chi connectivity index (χ0) is 30.7. The van der Waals surface area contributed by atoms with Crippen LogP contribution < -0.4 is 19.1 Å². The summed E-state index contributed by atoms with van der Waals surface area (Å²) in [6.45, 7) is 7.27. The van der Waals surface area contributed by atoms with Crippen LogP contribution in [-0.2, 0) is 23.4 Å². The van der Waals surface area contributed by atoms with E-state index in [2.05, 4.69) is 11.3 Å². The number of hydrogen-bond donors (Lipinski definition) is 0. The second-order valence-corrected chi connectivity index (χ2v) is 9.77. The van der Waals surface area contributed by atoms with Gasteiger partial charge in [0, 0.05) is 11.0 Å². The molecule has 11 heteroatoms. The molecule has 3 rings (SSSR count). The lowest BCUT2D eigenvalue weighted by Crippen LogP contribution is -2.09. The fourth-order valence-corrected chi connectivity index (χ4v) is 3.91. The van der Waals surface area contributed by atoms with Crippen molar-refractivity contribution in [2.75, 3.05) is 26.4 Å². The van der Waals surface area contributed by atoms with Gasteiger partial charge in [-0.2, -0.15) is 0 Å². The van der Waals surface area contributed by atoms with Gasteiger partial charge in [-0.05, 0) is 105 Å². The predicted molar refractivity (Wildman–Crippen MR) is 159 cm³/mol. The molecule has 0 aliphatic heterocycles. The second kappa shape index (κ2) is 18.9. The van der Waals surface area contributed by atoms with Crippen LogP contribution in [0.2, 0.25) is 0 Å². The third-order valence-electron chi connectivity index (χ3n) is 5.73. The molecule has 0 aliphatic carbocycles. The quantitative estimate of drug-likeness (QED) is 0.0205. The Morgan fingerprint density at radius 2 is 1.40 bits per heavy atom. The van der Waals surface area contributed by atoms with Crippen LogP contribution in [0.5, 0.6) is 23.0 Å². The summed E-state index contributed by atoms with van der Waals surface area (Å²) in [6, 6.07) is 19.0. The largest absolute Gasteiger partial charge is 0.494 e. The Balaban J connectivity index is 1.36. The molecule has 0 heterocycles. The lowest BCUT2D eigenvalue weighted by molar-refractivity contribution is -0.137. The van der Waals surface area contributed by atoms with E-state index in [0.29, 0.717) is 74.1 Å². The molecule has 10 nitrogen and oxygen atoms in total. The molecule has 0 saturated heterocycles. The van der Waals surface area contributed by atoms with Gasteiger partial charge in [0.05, 0.1) is 44.0 Å². The normalized spacial score (nSPS) is 10.3. The smallest absolute Gasteiger partial charge is 0.343 e. The standard InChI is InChI=1S/C32H34O10S/c1-3-31(34)39-21-7-6-20-37-26-10-8-25(9-11-26)32(35)40-30-17-14-28(22-24(30)2)41-42-43-29-15-12-27(13-16-29)38-19-5-4-18-36-23-33/h3,8-17,22-23H,1,4-7,18-21H2,2H3. The number of rotatable bonds is 20. The van der Waals surface area contributed by atoms with E-state index >= 15 is 0 Å². The number of esters is 2. The fourth-order valence-electron chi connectivity index (χ4n) is 3.47. The summed E-state index contributed by atoms with van der Waals surface area (Å²) in [5, 5.41) is 0. The third kappa shape index (κ3) is 12.5. The van der Waals surface area contributed by atoms with Crippen LogP contribution in [0.15, 0.2) is 84.3 Å². The first-order valence-electron chi connectivity index (χ1n) is 13.6. The van der Waals surface area contributed by atoms with E-state index in [-0.39, 0.29) is 0 Å². The van der Waals surface area contributed by atoms with Gasteiger partial charge in [0.25, 0.3) is 6.47 Å². The number of benzene rings is 3. The van der Waals surface area contributed by atoms with Crippen molar-refractivity contribution in [2.45, 2.75) is 37.5 Å². The van der Waals surface area contributed by atoms with Crippen molar-refractivity contribution in [1.29, 1.82) is 0 Å². The first-order valence-corrected chi connectivity index (χ1v) is 14.4. The Bertz CT molecular complexity index is 1310. The van der Waals surface area contributed by atoms with Gasteiger partial charge in [0.2, 0.25) is 0 Å². The van der Waals surface area contributed by atoms with Crippen LogP contribution in [0.3, 0.4) is 0 Å². The van der Waals surface area contributed by atoms with Crippen LogP contribution in [0.4, 0.5) is 0 Å². The molecule has 0 aliphatic rings. The van der Waals surface area contributed by atoms with Crippen molar-refractivity contribution in [3.8, 4) is 23.0 Å². The maximum absolute atomic E-state index is 12.6. The number of hydrogen-bond acceptors (Lipinski definition) is 11. The molecule has 0 aromatic heterocycles. The van der Waals surface area contributed by atoms with Gasteiger partial charge in [-0.3, -0.25) is 4.79 Å². The van der Waals surface area contributed by atoms with E-state index in [4.69, 9.17) is 28.2 Å². The van der Waals surface area contributed by atoms with E-state index < -0.39 is 11.9 Å². The van der Waals surface area contributed by atoms with Crippen LogP contribution in [0.1, 0.15) is 41.6 Å². The number of aryl methyl sites for hydroxylation is 1. The Labute approximate surface area is 255 Å². The van der Waals surface area contributed by atoms with Crippen LogP contribution in [0.25, 0.3) is 0 Å².